The van der Waals surface area contributed by atoms with Crippen LogP contribution in [0.25, 0.3) is 11.0 Å². The minimum atomic E-state index is 0.167. The highest BCUT2D eigenvalue weighted by molar-refractivity contribution is 5.78. The van der Waals surface area contributed by atoms with Crippen LogP contribution >= 0.6 is 0 Å². The zero-order chi connectivity index (χ0) is 18.8. The van der Waals surface area contributed by atoms with Gasteiger partial charge in [0.15, 0.2) is 17.1 Å². The highest BCUT2D eigenvalue weighted by Gasteiger charge is 2.16. The van der Waals surface area contributed by atoms with E-state index in [1.165, 1.54) is 5.56 Å². The van der Waals surface area contributed by atoms with Crippen LogP contribution in [0.4, 0.5) is 0 Å². The highest BCUT2D eigenvalue weighted by atomic mass is 16.5. The van der Waals surface area contributed by atoms with Crippen molar-refractivity contribution in [1.29, 1.82) is 0 Å². The molecule has 6 heteroatoms. The first-order valence-corrected chi connectivity index (χ1v) is 8.69. The van der Waals surface area contributed by atoms with Gasteiger partial charge in [0.05, 0.1) is 19.9 Å². The van der Waals surface area contributed by atoms with Gasteiger partial charge >= 0.3 is 0 Å². The standard InChI is InChI=1S/C20H26N4O2/c1-12-16(7-8-18(25-5)19(12)26-6)13(2)21-10-15-9-17-14(3)23-24(4)20(17)22-11-15/h7-9,11,13,21H,10H2,1-6H3/t13-/m0/s1. The van der Waals surface area contributed by atoms with Gasteiger partial charge in [-0.15, -0.1) is 0 Å². The molecule has 1 N–H and O–H groups in total. The van der Waals surface area contributed by atoms with Gasteiger partial charge in [-0.05, 0) is 49.6 Å². The second kappa shape index (κ2) is 7.33. The molecule has 6 nitrogen and oxygen atoms in total. The third-order valence-electron chi connectivity index (χ3n) is 4.83. The van der Waals surface area contributed by atoms with Gasteiger partial charge in [0.25, 0.3) is 0 Å². The van der Waals surface area contributed by atoms with Gasteiger partial charge in [-0.1, -0.05) is 6.07 Å². The van der Waals surface area contributed by atoms with E-state index in [0.29, 0.717) is 0 Å². The van der Waals surface area contributed by atoms with Gasteiger partial charge in [-0.3, -0.25) is 4.68 Å². The normalized spacial score (nSPS) is 12.4. The van der Waals surface area contributed by atoms with Crippen molar-refractivity contribution in [3.8, 4) is 11.5 Å². The van der Waals surface area contributed by atoms with Crippen molar-refractivity contribution in [2.24, 2.45) is 7.05 Å². The third-order valence-corrected chi connectivity index (χ3v) is 4.83. The lowest BCUT2D eigenvalue weighted by molar-refractivity contribution is 0.351. The summed E-state index contributed by atoms with van der Waals surface area (Å²) in [6.07, 6.45) is 1.91. The molecule has 0 aliphatic heterocycles. The number of fused-ring (bicyclic) bond motifs is 1. The van der Waals surface area contributed by atoms with Crippen LogP contribution in [0.3, 0.4) is 0 Å². The van der Waals surface area contributed by atoms with Crippen LogP contribution in [0, 0.1) is 13.8 Å². The summed E-state index contributed by atoms with van der Waals surface area (Å²) in [5, 5.41) is 9.10. The maximum absolute atomic E-state index is 5.51. The molecule has 3 aromatic rings. The summed E-state index contributed by atoms with van der Waals surface area (Å²) in [6.45, 7) is 6.94. The van der Waals surface area contributed by atoms with E-state index in [9.17, 15) is 0 Å². The Hall–Kier alpha value is -2.60. The zero-order valence-electron chi connectivity index (χ0n) is 16.3. The van der Waals surface area contributed by atoms with Crippen molar-refractivity contribution in [2.75, 3.05) is 14.2 Å². The number of hydrogen-bond acceptors (Lipinski definition) is 5. The van der Waals surface area contributed by atoms with Crippen molar-refractivity contribution < 1.29 is 9.47 Å². The number of nitrogens with zero attached hydrogens (tertiary/aromatic N) is 3. The Bertz CT molecular complexity index is 933. The fourth-order valence-electron chi connectivity index (χ4n) is 3.39. The number of aryl methyl sites for hydroxylation is 2. The van der Waals surface area contributed by atoms with Gasteiger partial charge in [0.1, 0.15) is 0 Å². The van der Waals surface area contributed by atoms with E-state index in [2.05, 4.69) is 41.4 Å². The molecule has 138 valence electrons. The van der Waals surface area contributed by atoms with Gasteiger partial charge in [0.2, 0.25) is 0 Å². The van der Waals surface area contributed by atoms with Crippen molar-refractivity contribution in [3.05, 3.63) is 46.8 Å². The fourth-order valence-corrected chi connectivity index (χ4v) is 3.39. The van der Waals surface area contributed by atoms with Gasteiger partial charge < -0.3 is 14.8 Å². The van der Waals surface area contributed by atoms with Crippen molar-refractivity contribution >= 4 is 11.0 Å². The minimum Gasteiger partial charge on any atom is -0.493 e. The summed E-state index contributed by atoms with van der Waals surface area (Å²) in [4.78, 5) is 4.54. The molecule has 3 rings (SSSR count). The van der Waals surface area contributed by atoms with Crippen LogP contribution < -0.4 is 14.8 Å². The molecule has 0 bridgehead atoms. The number of benzene rings is 1. The maximum Gasteiger partial charge on any atom is 0.163 e. The molecule has 0 aliphatic rings. The molecule has 0 unspecified atom stereocenters. The SMILES string of the molecule is COc1ccc([C@H](C)NCc2cnc3c(c2)c(C)nn3C)c(C)c1OC. The zero-order valence-corrected chi connectivity index (χ0v) is 16.3. The van der Waals surface area contributed by atoms with E-state index >= 15 is 0 Å². The average molecular weight is 354 g/mol. The third kappa shape index (κ3) is 3.24. The molecular formula is C20H26N4O2. The van der Waals surface area contributed by atoms with Crippen LogP contribution in [-0.2, 0) is 13.6 Å². The van der Waals surface area contributed by atoms with Crippen LogP contribution in [0.15, 0.2) is 24.4 Å². The number of ether oxygens (including phenoxy) is 2. The average Bonchev–Trinajstić information content (AvgIpc) is 2.92. The van der Waals surface area contributed by atoms with E-state index in [1.807, 2.05) is 30.9 Å². The maximum atomic E-state index is 5.51. The van der Waals surface area contributed by atoms with Gasteiger partial charge in [-0.25, -0.2) is 4.98 Å². The molecule has 0 saturated carbocycles. The molecule has 2 heterocycles. The van der Waals surface area contributed by atoms with Crippen LogP contribution in [0.5, 0.6) is 11.5 Å². The lowest BCUT2D eigenvalue weighted by atomic mass is 10.0. The second-order valence-corrected chi connectivity index (χ2v) is 6.54. The van der Waals surface area contributed by atoms with Crippen molar-refractivity contribution in [3.63, 3.8) is 0 Å². The van der Waals surface area contributed by atoms with Gasteiger partial charge in [0, 0.05) is 31.2 Å². The molecule has 0 saturated heterocycles. The first kappa shape index (κ1) is 18.2. The number of hydrogen-bond donors (Lipinski definition) is 1. The molecule has 0 spiro atoms. The Morgan fingerprint density at radius 2 is 1.96 bits per heavy atom. The molecular weight excluding hydrogens is 328 g/mol. The number of rotatable bonds is 6. The molecule has 2 aromatic heterocycles. The summed E-state index contributed by atoms with van der Waals surface area (Å²) in [7, 11) is 5.24. The lowest BCUT2D eigenvalue weighted by Crippen LogP contribution is -2.19. The monoisotopic (exact) mass is 354 g/mol. The van der Waals surface area contributed by atoms with E-state index in [0.717, 1.165) is 45.9 Å². The number of aromatic nitrogens is 3. The Kier molecular flexibility index (Phi) is 5.13. The second-order valence-electron chi connectivity index (χ2n) is 6.54. The Balaban J connectivity index is 1.79. The van der Waals surface area contributed by atoms with E-state index in [1.54, 1.807) is 14.2 Å². The highest BCUT2D eigenvalue weighted by Crippen LogP contribution is 2.35. The van der Waals surface area contributed by atoms with E-state index in [4.69, 9.17) is 9.47 Å². The molecule has 1 atom stereocenters. The van der Waals surface area contributed by atoms with Crippen molar-refractivity contribution in [1.82, 2.24) is 20.1 Å². The molecule has 0 radical (unpaired) electrons. The minimum absolute atomic E-state index is 0.167. The first-order chi connectivity index (χ1) is 12.5. The van der Waals surface area contributed by atoms with Gasteiger partial charge in [-0.2, -0.15) is 5.10 Å². The Morgan fingerprint density at radius 3 is 2.65 bits per heavy atom. The number of pyridine rings is 1. The fraction of sp³-hybridized carbons (Fsp3) is 0.400. The van der Waals surface area contributed by atoms with Crippen LogP contribution in [0.1, 0.15) is 35.3 Å². The Morgan fingerprint density at radius 1 is 1.19 bits per heavy atom. The summed E-state index contributed by atoms with van der Waals surface area (Å²) >= 11 is 0. The predicted molar refractivity (Wildman–Crippen MR) is 103 cm³/mol. The summed E-state index contributed by atoms with van der Waals surface area (Å²) in [5.41, 5.74) is 5.33. The Labute approximate surface area is 154 Å². The van der Waals surface area contributed by atoms with Crippen LogP contribution in [-0.4, -0.2) is 29.0 Å². The molecule has 0 fully saturated rings. The first-order valence-electron chi connectivity index (χ1n) is 8.69. The number of nitrogens with one attached hydrogen (secondary N) is 1. The topological polar surface area (TPSA) is 61.2 Å². The van der Waals surface area contributed by atoms with Crippen LogP contribution in [0.2, 0.25) is 0 Å². The summed E-state index contributed by atoms with van der Waals surface area (Å²) in [6, 6.07) is 6.36. The smallest absolute Gasteiger partial charge is 0.163 e. The molecule has 0 aliphatic carbocycles. The lowest BCUT2D eigenvalue weighted by Gasteiger charge is -2.20. The van der Waals surface area contributed by atoms with E-state index in [-0.39, 0.29) is 6.04 Å². The largest absolute Gasteiger partial charge is 0.493 e. The predicted octanol–water partition coefficient (Wildman–Crippen LogP) is 3.45. The summed E-state index contributed by atoms with van der Waals surface area (Å²) < 4.78 is 12.7. The quantitative estimate of drug-likeness (QED) is 0.735. The van der Waals surface area contributed by atoms with Crippen molar-refractivity contribution in [2.45, 2.75) is 33.4 Å². The molecule has 1 aromatic carbocycles. The number of methoxy groups -OCH3 is 2. The molecule has 26 heavy (non-hydrogen) atoms. The van der Waals surface area contributed by atoms with E-state index < -0.39 is 0 Å². The summed E-state index contributed by atoms with van der Waals surface area (Å²) in [5.74, 6) is 1.54. The molecule has 0 amide bonds.